The number of ether oxygens (including phenoxy) is 2. The molecule has 1 amide bonds. The summed E-state index contributed by atoms with van der Waals surface area (Å²) in [4.78, 5) is 38.9. The quantitative estimate of drug-likeness (QED) is 0.106. The Morgan fingerprint density at radius 1 is 0.795 bits per heavy atom. The number of methoxy groups -OCH3 is 1. The standard InChI is InChI=1S/C37H38N2O5/c1-43-35(41)33(39-32-16-9-8-15-31(32)34(40)29-13-6-3-7-14-29)25-27-17-19-30(20-18-27)44-24-23-38-36(42)37(21-10-22-37)26-28-11-4-2-5-12-28/h2-9,11-20,33,39H,10,21-26H2,1H3,(H,38,42). The molecule has 1 atom stereocenters. The van der Waals surface area contributed by atoms with E-state index in [9.17, 15) is 14.4 Å². The molecule has 0 heterocycles. The van der Waals surface area contributed by atoms with Gasteiger partial charge >= 0.3 is 5.97 Å². The summed E-state index contributed by atoms with van der Waals surface area (Å²) < 4.78 is 11.0. The van der Waals surface area contributed by atoms with Gasteiger partial charge in [0.1, 0.15) is 18.4 Å². The van der Waals surface area contributed by atoms with Gasteiger partial charge in [-0.25, -0.2) is 4.79 Å². The molecule has 2 N–H and O–H groups in total. The van der Waals surface area contributed by atoms with Crippen LogP contribution in [-0.2, 0) is 27.2 Å². The molecular formula is C37H38N2O5. The highest BCUT2D eigenvalue weighted by Gasteiger charge is 2.43. The Kier molecular flexibility index (Phi) is 10.1. The number of carbonyl (C=O) groups excluding carboxylic acids is 3. The van der Waals surface area contributed by atoms with Crippen molar-refractivity contribution in [1.82, 2.24) is 5.32 Å². The van der Waals surface area contributed by atoms with Gasteiger partial charge < -0.3 is 20.1 Å². The maximum atomic E-state index is 13.2. The number of para-hydroxylation sites is 1. The summed E-state index contributed by atoms with van der Waals surface area (Å²) in [5.41, 5.74) is 3.38. The average molecular weight is 591 g/mol. The van der Waals surface area contributed by atoms with Gasteiger partial charge in [0.25, 0.3) is 0 Å². The third-order valence-electron chi connectivity index (χ3n) is 8.22. The second-order valence-corrected chi connectivity index (χ2v) is 11.2. The van der Waals surface area contributed by atoms with Crippen LogP contribution in [0.5, 0.6) is 5.75 Å². The highest BCUT2D eigenvalue weighted by Crippen LogP contribution is 2.44. The van der Waals surface area contributed by atoms with Crippen molar-refractivity contribution in [3.63, 3.8) is 0 Å². The molecule has 226 valence electrons. The number of amides is 1. The predicted molar refractivity (Wildman–Crippen MR) is 171 cm³/mol. The third-order valence-corrected chi connectivity index (χ3v) is 8.22. The van der Waals surface area contributed by atoms with Crippen LogP contribution in [-0.4, -0.2) is 44.0 Å². The normalized spacial score (nSPS) is 14.0. The van der Waals surface area contributed by atoms with Crippen molar-refractivity contribution in [1.29, 1.82) is 0 Å². The Bertz CT molecular complexity index is 1550. The first kappa shape index (κ1) is 30.5. The highest BCUT2D eigenvalue weighted by atomic mass is 16.5. The highest BCUT2D eigenvalue weighted by molar-refractivity contribution is 6.12. The van der Waals surface area contributed by atoms with Crippen molar-refractivity contribution in [3.8, 4) is 5.75 Å². The largest absolute Gasteiger partial charge is 0.492 e. The van der Waals surface area contributed by atoms with Gasteiger partial charge in [0.15, 0.2) is 5.78 Å². The third kappa shape index (κ3) is 7.53. The SMILES string of the molecule is COC(=O)C(Cc1ccc(OCCNC(=O)C2(Cc3ccccc3)CCC2)cc1)Nc1ccccc1C(=O)c1ccccc1. The molecule has 44 heavy (non-hydrogen) atoms. The Morgan fingerprint density at radius 2 is 1.45 bits per heavy atom. The molecule has 0 bridgehead atoms. The number of hydrogen-bond donors (Lipinski definition) is 2. The Hall–Kier alpha value is -4.91. The maximum absolute atomic E-state index is 13.2. The van der Waals surface area contributed by atoms with Crippen LogP contribution in [0.15, 0.2) is 109 Å². The van der Waals surface area contributed by atoms with E-state index < -0.39 is 12.0 Å². The molecule has 1 aliphatic rings. The smallest absolute Gasteiger partial charge is 0.328 e. The van der Waals surface area contributed by atoms with Gasteiger partial charge in [0.2, 0.25) is 5.91 Å². The Morgan fingerprint density at radius 3 is 2.11 bits per heavy atom. The van der Waals surface area contributed by atoms with Crippen molar-refractivity contribution in [2.45, 2.75) is 38.1 Å². The van der Waals surface area contributed by atoms with Crippen LogP contribution >= 0.6 is 0 Å². The van der Waals surface area contributed by atoms with Gasteiger partial charge in [0, 0.05) is 23.2 Å². The van der Waals surface area contributed by atoms with Gasteiger partial charge in [0.05, 0.1) is 19.1 Å². The molecule has 0 aromatic heterocycles. The van der Waals surface area contributed by atoms with E-state index in [2.05, 4.69) is 22.8 Å². The zero-order valence-electron chi connectivity index (χ0n) is 25.0. The van der Waals surface area contributed by atoms with Gasteiger partial charge in [-0.15, -0.1) is 0 Å². The zero-order valence-corrected chi connectivity index (χ0v) is 25.0. The molecule has 4 aromatic rings. The van der Waals surface area contributed by atoms with Crippen LogP contribution in [0, 0.1) is 5.41 Å². The number of hydrogen-bond acceptors (Lipinski definition) is 6. The van der Waals surface area contributed by atoms with Gasteiger partial charge in [-0.2, -0.15) is 0 Å². The fourth-order valence-corrected chi connectivity index (χ4v) is 5.63. The molecule has 4 aromatic carbocycles. The number of ketones is 1. The van der Waals surface area contributed by atoms with Crippen LogP contribution in [0.2, 0.25) is 0 Å². The van der Waals surface area contributed by atoms with Gasteiger partial charge in [-0.1, -0.05) is 91.3 Å². The molecule has 0 radical (unpaired) electrons. The van der Waals surface area contributed by atoms with E-state index in [0.717, 1.165) is 31.2 Å². The summed E-state index contributed by atoms with van der Waals surface area (Å²) in [7, 11) is 1.35. The molecule has 7 heteroatoms. The number of anilines is 1. The molecule has 7 nitrogen and oxygen atoms in total. The van der Waals surface area contributed by atoms with Crippen molar-refractivity contribution in [2.24, 2.45) is 5.41 Å². The summed E-state index contributed by atoms with van der Waals surface area (Å²) in [5.74, 6) is 0.209. The monoisotopic (exact) mass is 590 g/mol. The fraction of sp³-hybridized carbons (Fsp3) is 0.270. The number of benzene rings is 4. The van der Waals surface area contributed by atoms with E-state index in [-0.39, 0.29) is 17.1 Å². The lowest BCUT2D eigenvalue weighted by Crippen LogP contribution is -2.48. The molecule has 0 spiro atoms. The molecule has 1 unspecified atom stereocenters. The lowest BCUT2D eigenvalue weighted by molar-refractivity contribution is -0.141. The second-order valence-electron chi connectivity index (χ2n) is 11.2. The van der Waals surface area contributed by atoms with E-state index in [1.54, 1.807) is 30.3 Å². The van der Waals surface area contributed by atoms with E-state index >= 15 is 0 Å². The van der Waals surface area contributed by atoms with Crippen molar-refractivity contribution < 1.29 is 23.9 Å². The van der Waals surface area contributed by atoms with E-state index in [4.69, 9.17) is 9.47 Å². The summed E-state index contributed by atoms with van der Waals surface area (Å²) in [6, 6.07) is 33.2. The molecule has 0 aliphatic heterocycles. The number of carbonyl (C=O) groups is 3. The maximum Gasteiger partial charge on any atom is 0.328 e. The van der Waals surface area contributed by atoms with Crippen molar-refractivity contribution in [2.75, 3.05) is 25.6 Å². The van der Waals surface area contributed by atoms with Crippen LogP contribution in [0.4, 0.5) is 5.69 Å². The molecule has 1 aliphatic carbocycles. The topological polar surface area (TPSA) is 93.7 Å². The Balaban J connectivity index is 1.15. The van der Waals surface area contributed by atoms with Crippen LogP contribution in [0.1, 0.15) is 46.3 Å². The minimum atomic E-state index is -0.707. The fourth-order valence-electron chi connectivity index (χ4n) is 5.63. The molecule has 0 saturated heterocycles. The number of nitrogens with one attached hydrogen (secondary N) is 2. The lowest BCUT2D eigenvalue weighted by atomic mass is 9.64. The van der Waals surface area contributed by atoms with Crippen LogP contribution in [0.3, 0.4) is 0 Å². The summed E-state index contributed by atoms with van der Waals surface area (Å²) in [6.45, 7) is 0.775. The van der Waals surface area contributed by atoms with Crippen LogP contribution in [0.25, 0.3) is 0 Å². The minimum absolute atomic E-state index is 0.0972. The number of rotatable bonds is 14. The summed E-state index contributed by atoms with van der Waals surface area (Å²) in [6.07, 6.45) is 4.01. The lowest BCUT2D eigenvalue weighted by Gasteiger charge is -2.40. The van der Waals surface area contributed by atoms with Crippen molar-refractivity contribution >= 4 is 23.3 Å². The number of esters is 1. The molecule has 1 fully saturated rings. The molecule has 5 rings (SSSR count). The van der Waals surface area contributed by atoms with E-state index in [1.807, 2.05) is 66.7 Å². The van der Waals surface area contributed by atoms with Gasteiger partial charge in [-0.3, -0.25) is 9.59 Å². The molecule has 1 saturated carbocycles. The van der Waals surface area contributed by atoms with Crippen molar-refractivity contribution in [3.05, 3.63) is 131 Å². The average Bonchev–Trinajstić information content (AvgIpc) is 3.05. The first-order valence-corrected chi connectivity index (χ1v) is 15.0. The summed E-state index contributed by atoms with van der Waals surface area (Å²) in [5, 5.41) is 6.31. The van der Waals surface area contributed by atoms with Gasteiger partial charge in [-0.05, 0) is 54.7 Å². The predicted octanol–water partition coefficient (Wildman–Crippen LogP) is 6.02. The van der Waals surface area contributed by atoms with E-state index in [1.165, 1.54) is 12.7 Å². The second kappa shape index (κ2) is 14.5. The first-order valence-electron chi connectivity index (χ1n) is 15.0. The van der Waals surface area contributed by atoms with E-state index in [0.29, 0.717) is 42.1 Å². The zero-order chi connectivity index (χ0) is 30.8. The van der Waals surface area contributed by atoms with Crippen LogP contribution < -0.4 is 15.4 Å². The first-order chi connectivity index (χ1) is 21.5. The Labute approximate surface area is 258 Å². The summed E-state index contributed by atoms with van der Waals surface area (Å²) >= 11 is 0. The minimum Gasteiger partial charge on any atom is -0.492 e. The molecular weight excluding hydrogens is 552 g/mol.